The fourth-order valence-electron chi connectivity index (χ4n) is 1.94. The van der Waals surface area contributed by atoms with Gasteiger partial charge in [0.15, 0.2) is 11.5 Å². The molecule has 0 spiro atoms. The van der Waals surface area contributed by atoms with Gasteiger partial charge in [0.05, 0.1) is 13.2 Å². The highest BCUT2D eigenvalue weighted by molar-refractivity contribution is 9.10. The first-order valence-corrected chi connectivity index (χ1v) is 8.28. The lowest BCUT2D eigenvalue weighted by Crippen LogP contribution is -1.99. The lowest BCUT2D eigenvalue weighted by atomic mass is 10.2. The van der Waals surface area contributed by atoms with Gasteiger partial charge in [-0.2, -0.15) is 0 Å². The number of anilines is 1. The van der Waals surface area contributed by atoms with Crippen molar-refractivity contribution in [3.05, 3.63) is 38.0 Å². The molecule has 0 atom stereocenters. The van der Waals surface area contributed by atoms with Gasteiger partial charge in [0.1, 0.15) is 4.34 Å². The second-order valence-electron chi connectivity index (χ2n) is 4.40. The maximum absolute atomic E-state index is 6.03. The minimum Gasteiger partial charge on any atom is -0.490 e. The van der Waals surface area contributed by atoms with Crippen molar-refractivity contribution in [2.45, 2.75) is 13.0 Å². The summed E-state index contributed by atoms with van der Waals surface area (Å²) in [5, 5.41) is 3.37. The molecular formula is C14H13BrClNO2S. The minimum absolute atomic E-state index is 0.698. The molecule has 3 rings (SSSR count). The zero-order valence-corrected chi connectivity index (χ0v) is 13.8. The summed E-state index contributed by atoms with van der Waals surface area (Å²) in [6.07, 6.45) is 0.916. The number of halogens is 2. The van der Waals surface area contributed by atoms with Crippen molar-refractivity contribution in [2.75, 3.05) is 18.5 Å². The predicted molar refractivity (Wildman–Crippen MR) is 86.4 cm³/mol. The second kappa shape index (κ2) is 6.24. The van der Waals surface area contributed by atoms with E-state index in [1.807, 2.05) is 24.3 Å². The van der Waals surface area contributed by atoms with Gasteiger partial charge < -0.3 is 14.8 Å². The molecule has 1 N–H and O–H groups in total. The predicted octanol–water partition coefficient (Wildman–Crippen LogP) is 4.94. The zero-order chi connectivity index (χ0) is 13.9. The van der Waals surface area contributed by atoms with Crippen molar-refractivity contribution in [2.24, 2.45) is 0 Å². The number of hydrogen-bond acceptors (Lipinski definition) is 4. The van der Waals surface area contributed by atoms with E-state index in [2.05, 4.69) is 21.2 Å². The van der Waals surface area contributed by atoms with Crippen LogP contribution in [-0.2, 0) is 6.54 Å². The summed E-state index contributed by atoms with van der Waals surface area (Å²) in [4.78, 5) is 1.17. The van der Waals surface area contributed by atoms with Crippen LogP contribution in [0.3, 0.4) is 0 Å². The fraction of sp³-hybridized carbons (Fsp3) is 0.286. The van der Waals surface area contributed by atoms with E-state index in [1.165, 1.54) is 4.88 Å². The highest BCUT2D eigenvalue weighted by Gasteiger charge is 2.11. The molecule has 1 aromatic carbocycles. The SMILES string of the molecule is Clc1sc(CNc2ccc3c(c2)OCCCO3)cc1Br. The normalized spacial score (nSPS) is 13.9. The van der Waals surface area contributed by atoms with Gasteiger partial charge in [0.2, 0.25) is 0 Å². The van der Waals surface area contributed by atoms with Gasteiger partial charge in [-0.15, -0.1) is 11.3 Å². The molecule has 0 saturated carbocycles. The molecule has 0 unspecified atom stereocenters. The average molecular weight is 375 g/mol. The smallest absolute Gasteiger partial charge is 0.163 e. The number of thiophene rings is 1. The van der Waals surface area contributed by atoms with E-state index < -0.39 is 0 Å². The molecule has 1 aliphatic rings. The lowest BCUT2D eigenvalue weighted by Gasteiger charge is -2.10. The molecule has 2 aromatic rings. The summed E-state index contributed by atoms with van der Waals surface area (Å²) in [6.45, 7) is 2.14. The van der Waals surface area contributed by atoms with Crippen molar-refractivity contribution in [3.8, 4) is 11.5 Å². The topological polar surface area (TPSA) is 30.5 Å². The van der Waals surface area contributed by atoms with Crippen LogP contribution in [0.25, 0.3) is 0 Å². The maximum Gasteiger partial charge on any atom is 0.163 e. The van der Waals surface area contributed by atoms with Crippen molar-refractivity contribution >= 4 is 44.6 Å². The third kappa shape index (κ3) is 3.22. The van der Waals surface area contributed by atoms with Crippen LogP contribution in [0.4, 0.5) is 5.69 Å². The van der Waals surface area contributed by atoms with Gasteiger partial charge in [-0.3, -0.25) is 0 Å². The summed E-state index contributed by atoms with van der Waals surface area (Å²) in [7, 11) is 0. The van der Waals surface area contributed by atoms with E-state index in [0.29, 0.717) is 13.2 Å². The lowest BCUT2D eigenvalue weighted by molar-refractivity contribution is 0.297. The summed E-state index contributed by atoms with van der Waals surface area (Å²) < 4.78 is 13.0. The fourth-order valence-corrected chi connectivity index (χ4v) is 3.67. The monoisotopic (exact) mass is 373 g/mol. The van der Waals surface area contributed by atoms with Crippen LogP contribution in [0.1, 0.15) is 11.3 Å². The molecule has 2 heterocycles. The molecule has 0 radical (unpaired) electrons. The third-order valence-electron chi connectivity index (χ3n) is 2.91. The van der Waals surface area contributed by atoms with Crippen molar-refractivity contribution in [1.29, 1.82) is 0 Å². The number of ether oxygens (including phenoxy) is 2. The van der Waals surface area contributed by atoms with Crippen LogP contribution in [0, 0.1) is 0 Å². The van der Waals surface area contributed by atoms with Gasteiger partial charge in [-0.1, -0.05) is 11.6 Å². The van der Waals surface area contributed by atoms with Gasteiger partial charge in [0.25, 0.3) is 0 Å². The first-order chi connectivity index (χ1) is 9.72. The summed E-state index contributed by atoms with van der Waals surface area (Å²) in [5.74, 6) is 1.62. The highest BCUT2D eigenvalue weighted by Crippen LogP contribution is 2.34. The van der Waals surface area contributed by atoms with Gasteiger partial charge in [0, 0.05) is 34.1 Å². The number of benzene rings is 1. The van der Waals surface area contributed by atoms with E-state index in [-0.39, 0.29) is 0 Å². The maximum atomic E-state index is 6.03. The summed E-state index contributed by atoms with van der Waals surface area (Å²) in [6, 6.07) is 7.95. The molecule has 0 saturated heterocycles. The van der Waals surface area contributed by atoms with E-state index in [4.69, 9.17) is 21.1 Å². The van der Waals surface area contributed by atoms with Crippen molar-refractivity contribution in [3.63, 3.8) is 0 Å². The number of rotatable bonds is 3. The standard InChI is InChI=1S/C14H13BrClNO2S/c15-11-7-10(20-14(11)16)8-17-9-2-3-12-13(6-9)19-5-1-4-18-12/h2-3,6-7,17H,1,4-5,8H2. The summed E-state index contributed by atoms with van der Waals surface area (Å²) in [5.41, 5.74) is 1.01. The zero-order valence-electron chi connectivity index (χ0n) is 10.6. The molecule has 0 fully saturated rings. The Labute approximate surface area is 135 Å². The Morgan fingerprint density at radius 2 is 2.00 bits per heavy atom. The Kier molecular flexibility index (Phi) is 4.38. The number of nitrogens with one attached hydrogen (secondary N) is 1. The van der Waals surface area contributed by atoms with Crippen molar-refractivity contribution in [1.82, 2.24) is 0 Å². The molecule has 0 aliphatic carbocycles. The molecule has 1 aliphatic heterocycles. The number of hydrogen-bond donors (Lipinski definition) is 1. The van der Waals surface area contributed by atoms with E-state index in [1.54, 1.807) is 11.3 Å². The Balaban J connectivity index is 1.70. The Hall–Kier alpha value is -0.910. The Morgan fingerprint density at radius 3 is 2.75 bits per heavy atom. The molecule has 6 heteroatoms. The molecule has 106 valence electrons. The van der Waals surface area contributed by atoms with E-state index in [0.717, 1.165) is 39.0 Å². The first kappa shape index (κ1) is 14.0. The number of fused-ring (bicyclic) bond motifs is 1. The second-order valence-corrected chi connectivity index (χ2v) is 6.99. The quantitative estimate of drug-likeness (QED) is 0.825. The molecule has 3 nitrogen and oxygen atoms in total. The van der Waals surface area contributed by atoms with Crippen LogP contribution in [-0.4, -0.2) is 13.2 Å². The largest absolute Gasteiger partial charge is 0.490 e. The van der Waals surface area contributed by atoms with Crippen LogP contribution >= 0.6 is 38.9 Å². The molecule has 0 bridgehead atoms. The minimum atomic E-state index is 0.698. The van der Waals surface area contributed by atoms with Crippen LogP contribution in [0.5, 0.6) is 11.5 Å². The van der Waals surface area contributed by atoms with Crippen LogP contribution < -0.4 is 14.8 Å². The first-order valence-electron chi connectivity index (χ1n) is 6.29. The Bertz CT molecular complexity index is 598. The van der Waals surface area contributed by atoms with Gasteiger partial charge in [-0.25, -0.2) is 0 Å². The van der Waals surface area contributed by atoms with E-state index >= 15 is 0 Å². The molecule has 20 heavy (non-hydrogen) atoms. The van der Waals surface area contributed by atoms with Gasteiger partial charge >= 0.3 is 0 Å². The third-order valence-corrected chi connectivity index (χ3v) is 5.39. The van der Waals surface area contributed by atoms with E-state index in [9.17, 15) is 0 Å². The average Bonchev–Trinajstić information content (AvgIpc) is 2.66. The highest BCUT2D eigenvalue weighted by atomic mass is 79.9. The van der Waals surface area contributed by atoms with Crippen molar-refractivity contribution < 1.29 is 9.47 Å². The Morgan fingerprint density at radius 1 is 1.20 bits per heavy atom. The van der Waals surface area contributed by atoms with Gasteiger partial charge in [-0.05, 0) is 34.1 Å². The molecule has 0 amide bonds. The summed E-state index contributed by atoms with van der Waals surface area (Å²) >= 11 is 11.0. The van der Waals surface area contributed by atoms with Crippen LogP contribution in [0.15, 0.2) is 28.7 Å². The van der Waals surface area contributed by atoms with Crippen LogP contribution in [0.2, 0.25) is 4.34 Å². The molecule has 1 aromatic heterocycles. The molecular weight excluding hydrogens is 362 g/mol.